The number of carbonyl (C=O) groups is 1. The first-order valence-corrected chi connectivity index (χ1v) is 12.6. The number of pyridine rings is 2. The summed E-state index contributed by atoms with van der Waals surface area (Å²) in [5, 5.41) is 0. The molecule has 3 atom stereocenters. The van der Waals surface area contributed by atoms with E-state index in [0.29, 0.717) is 48.3 Å². The van der Waals surface area contributed by atoms with Crippen molar-refractivity contribution in [3.8, 4) is 0 Å². The molecule has 5 heterocycles. The highest BCUT2D eigenvalue weighted by molar-refractivity contribution is 6.10. The summed E-state index contributed by atoms with van der Waals surface area (Å²) in [4.78, 5) is 25.5. The van der Waals surface area contributed by atoms with E-state index < -0.39 is 24.3 Å². The number of Topliss-reactive ketones (excluding diaryl/α,β-unsaturated/α-hetero) is 1. The van der Waals surface area contributed by atoms with Crippen molar-refractivity contribution in [2.45, 2.75) is 44.1 Å². The highest BCUT2D eigenvalue weighted by atomic mass is 19.4. The number of furan rings is 1. The smallest absolute Gasteiger partial charge is 0.393 e. The number of hydrogen-bond donors (Lipinski definition) is 2. The highest BCUT2D eigenvalue weighted by Crippen LogP contribution is 2.36. The first-order valence-electron chi connectivity index (χ1n) is 12.6. The average Bonchev–Trinajstić information content (AvgIpc) is 3.43. The van der Waals surface area contributed by atoms with Gasteiger partial charge in [0.2, 0.25) is 5.88 Å². The summed E-state index contributed by atoms with van der Waals surface area (Å²) >= 11 is 0. The molecule has 0 aliphatic carbocycles. The Hall–Kier alpha value is -3.25. The number of piperidine rings is 1. The van der Waals surface area contributed by atoms with Crippen molar-refractivity contribution in [2.75, 3.05) is 43.4 Å². The Balaban J connectivity index is 1.34. The van der Waals surface area contributed by atoms with Gasteiger partial charge < -0.3 is 25.7 Å². The number of fused-ring (bicyclic) bond motifs is 1. The molecule has 4 N–H and O–H groups in total. The van der Waals surface area contributed by atoms with Crippen LogP contribution in [0.5, 0.6) is 0 Å². The molecule has 5 rings (SSSR count). The van der Waals surface area contributed by atoms with E-state index in [-0.39, 0.29) is 43.2 Å². The standard InChI is InChI=1S/C26H30F4N6O2/c27-18-3-6-35(13-18)5-2-15-7-22-24(34-10-15)23(25(32)38-22)21(37)8-16-11-33-4-1-20(16)36-12-17(26(28,29)30)9-19(31)14-36/h1,4,7,10-11,17-19H,2-3,5-6,8-9,12-14,31-32H2/t17-,18-,19+/m1/s1. The lowest BCUT2D eigenvalue weighted by Gasteiger charge is -2.39. The first-order chi connectivity index (χ1) is 18.1. The van der Waals surface area contributed by atoms with Crippen LogP contribution in [0.2, 0.25) is 0 Å². The molecule has 12 heteroatoms. The van der Waals surface area contributed by atoms with Crippen molar-refractivity contribution in [3.63, 3.8) is 0 Å². The predicted octanol–water partition coefficient (Wildman–Crippen LogP) is 3.53. The third-order valence-corrected chi connectivity index (χ3v) is 7.34. The molecule has 0 spiro atoms. The van der Waals surface area contributed by atoms with Crippen molar-refractivity contribution in [3.05, 3.63) is 47.4 Å². The van der Waals surface area contributed by atoms with E-state index in [9.17, 15) is 22.4 Å². The number of carbonyl (C=O) groups excluding carboxylic acids is 1. The number of hydrogen-bond acceptors (Lipinski definition) is 8. The average molecular weight is 535 g/mol. The zero-order valence-corrected chi connectivity index (χ0v) is 20.8. The van der Waals surface area contributed by atoms with Crippen molar-refractivity contribution in [1.29, 1.82) is 0 Å². The van der Waals surface area contributed by atoms with Crippen molar-refractivity contribution < 1.29 is 26.8 Å². The summed E-state index contributed by atoms with van der Waals surface area (Å²) in [5.74, 6) is -2.01. The van der Waals surface area contributed by atoms with Gasteiger partial charge in [0.05, 0.1) is 5.92 Å². The summed E-state index contributed by atoms with van der Waals surface area (Å²) in [6, 6.07) is 2.73. The van der Waals surface area contributed by atoms with Crippen LogP contribution in [-0.4, -0.2) is 71.8 Å². The molecule has 2 aliphatic heterocycles. The lowest BCUT2D eigenvalue weighted by molar-refractivity contribution is -0.177. The van der Waals surface area contributed by atoms with Crippen molar-refractivity contribution in [1.82, 2.24) is 14.9 Å². The van der Waals surface area contributed by atoms with Crippen LogP contribution in [0.4, 0.5) is 29.1 Å². The van der Waals surface area contributed by atoms with Crippen LogP contribution in [0, 0.1) is 5.92 Å². The van der Waals surface area contributed by atoms with Gasteiger partial charge in [0.1, 0.15) is 17.3 Å². The Labute approximate surface area is 217 Å². The Morgan fingerprint density at radius 3 is 2.76 bits per heavy atom. The van der Waals surface area contributed by atoms with E-state index >= 15 is 0 Å². The summed E-state index contributed by atoms with van der Waals surface area (Å²) in [6.07, 6.45) is 0.363. The van der Waals surface area contributed by atoms with E-state index in [4.69, 9.17) is 15.9 Å². The fraction of sp³-hybridized carbons (Fsp3) is 0.500. The summed E-state index contributed by atoms with van der Waals surface area (Å²) in [7, 11) is 0. The van der Waals surface area contributed by atoms with E-state index in [1.54, 1.807) is 23.2 Å². The number of anilines is 2. The SMILES string of the molecule is Nc1oc2cc(CCN3CC[C@@H](F)C3)cnc2c1C(=O)Cc1cnccc1N1C[C@@H](N)C[C@@H](C(F)(F)F)C1. The van der Waals surface area contributed by atoms with Crippen LogP contribution in [0.15, 0.2) is 35.1 Å². The molecule has 38 heavy (non-hydrogen) atoms. The van der Waals surface area contributed by atoms with Gasteiger partial charge in [0, 0.05) is 75.0 Å². The molecule has 0 aromatic carbocycles. The summed E-state index contributed by atoms with van der Waals surface area (Å²) < 4.78 is 59.5. The molecule has 2 saturated heterocycles. The molecule has 204 valence electrons. The molecule has 3 aromatic rings. The summed E-state index contributed by atoms with van der Waals surface area (Å²) in [6.45, 7) is 1.84. The predicted molar refractivity (Wildman–Crippen MR) is 135 cm³/mol. The molecule has 0 bridgehead atoms. The second kappa shape index (κ2) is 10.5. The first kappa shape index (κ1) is 26.4. The number of nitrogen functional groups attached to an aromatic ring is 1. The van der Waals surface area contributed by atoms with Gasteiger partial charge in [-0.25, -0.2) is 4.39 Å². The summed E-state index contributed by atoms with van der Waals surface area (Å²) in [5.41, 5.74) is 14.7. The fourth-order valence-corrected chi connectivity index (χ4v) is 5.42. The number of aromatic nitrogens is 2. The molecule has 8 nitrogen and oxygen atoms in total. The largest absolute Gasteiger partial charge is 0.438 e. The van der Waals surface area contributed by atoms with Crippen LogP contribution in [-0.2, 0) is 12.8 Å². The minimum Gasteiger partial charge on any atom is -0.438 e. The molecular weight excluding hydrogens is 504 g/mol. The van der Waals surface area contributed by atoms with Crippen molar-refractivity contribution >= 4 is 28.5 Å². The quantitative estimate of drug-likeness (QED) is 0.350. The lowest BCUT2D eigenvalue weighted by Crippen LogP contribution is -2.51. The van der Waals surface area contributed by atoms with E-state index in [0.717, 1.165) is 12.1 Å². The molecule has 0 saturated carbocycles. The van der Waals surface area contributed by atoms with Gasteiger partial charge >= 0.3 is 6.18 Å². The maximum absolute atomic E-state index is 13.5. The highest BCUT2D eigenvalue weighted by Gasteiger charge is 2.44. The molecule has 0 radical (unpaired) electrons. The van der Waals surface area contributed by atoms with Gasteiger partial charge in [0.25, 0.3) is 0 Å². The van der Waals surface area contributed by atoms with Crippen LogP contribution in [0.1, 0.15) is 34.3 Å². The van der Waals surface area contributed by atoms with Gasteiger partial charge in [-0.15, -0.1) is 0 Å². The van der Waals surface area contributed by atoms with E-state index in [1.165, 1.54) is 12.4 Å². The number of likely N-dealkylation sites (tertiary alicyclic amines) is 1. The monoisotopic (exact) mass is 534 g/mol. The van der Waals surface area contributed by atoms with Gasteiger partial charge in [-0.3, -0.25) is 14.8 Å². The van der Waals surface area contributed by atoms with Gasteiger partial charge in [0.15, 0.2) is 11.4 Å². The topological polar surface area (TPSA) is 115 Å². The number of alkyl halides is 4. The van der Waals surface area contributed by atoms with E-state index in [2.05, 4.69) is 14.9 Å². The maximum Gasteiger partial charge on any atom is 0.393 e. The van der Waals surface area contributed by atoms with Gasteiger partial charge in [-0.05, 0) is 37.0 Å². The lowest BCUT2D eigenvalue weighted by atomic mass is 9.93. The number of nitrogens with zero attached hydrogens (tertiary/aromatic N) is 4. The molecule has 3 aromatic heterocycles. The third kappa shape index (κ3) is 5.60. The van der Waals surface area contributed by atoms with Crippen LogP contribution in [0.25, 0.3) is 11.1 Å². The number of ketones is 1. The van der Waals surface area contributed by atoms with Crippen LogP contribution in [0.3, 0.4) is 0 Å². The van der Waals surface area contributed by atoms with Crippen LogP contribution < -0.4 is 16.4 Å². The maximum atomic E-state index is 13.5. The van der Waals surface area contributed by atoms with Crippen LogP contribution >= 0.6 is 0 Å². The van der Waals surface area contributed by atoms with Gasteiger partial charge in [-0.2, -0.15) is 13.2 Å². The zero-order valence-electron chi connectivity index (χ0n) is 20.8. The Bertz CT molecular complexity index is 1310. The molecule has 2 fully saturated rings. The molecule has 0 amide bonds. The number of nitrogens with two attached hydrogens (primary N) is 2. The second-order valence-corrected chi connectivity index (χ2v) is 10.2. The molecule has 2 aliphatic rings. The minimum atomic E-state index is -4.36. The van der Waals surface area contributed by atoms with Gasteiger partial charge in [-0.1, -0.05) is 0 Å². The fourth-order valence-electron chi connectivity index (χ4n) is 5.42. The number of rotatable bonds is 7. The number of halogens is 4. The van der Waals surface area contributed by atoms with Crippen molar-refractivity contribution in [2.24, 2.45) is 11.7 Å². The Morgan fingerprint density at radius 2 is 2.03 bits per heavy atom. The molecule has 0 unspecified atom stereocenters. The third-order valence-electron chi connectivity index (χ3n) is 7.34. The zero-order chi connectivity index (χ0) is 27.0. The van der Waals surface area contributed by atoms with E-state index in [1.807, 2.05) is 0 Å². The molecular formula is C26H30F4N6O2. The second-order valence-electron chi connectivity index (χ2n) is 10.2. The normalized spacial score (nSPS) is 22.9. The Morgan fingerprint density at radius 1 is 1.21 bits per heavy atom. The minimum absolute atomic E-state index is 0.0722. The Kier molecular flexibility index (Phi) is 7.28.